The highest BCUT2D eigenvalue weighted by molar-refractivity contribution is 6.10. The maximum absolute atomic E-state index is 13.2. The molecule has 34 heavy (non-hydrogen) atoms. The Kier molecular flexibility index (Phi) is 6.68. The van der Waals surface area contributed by atoms with Gasteiger partial charge in [-0.25, -0.2) is 0 Å². The first-order valence-corrected chi connectivity index (χ1v) is 10.7. The molecular weight excluding hydrogens is 434 g/mol. The van der Waals surface area contributed by atoms with Crippen LogP contribution >= 0.6 is 0 Å². The van der Waals surface area contributed by atoms with E-state index in [0.29, 0.717) is 40.3 Å². The second kappa shape index (κ2) is 9.99. The van der Waals surface area contributed by atoms with Crippen molar-refractivity contribution in [2.24, 2.45) is 0 Å². The molecule has 0 unspecified atom stereocenters. The van der Waals surface area contributed by atoms with Gasteiger partial charge in [-0.15, -0.1) is 0 Å². The van der Waals surface area contributed by atoms with Gasteiger partial charge < -0.3 is 19.4 Å². The lowest BCUT2D eigenvalue weighted by molar-refractivity contribution is -0.116. The molecule has 2 heterocycles. The Morgan fingerprint density at radius 1 is 1.06 bits per heavy atom. The van der Waals surface area contributed by atoms with Gasteiger partial charge in [0.05, 0.1) is 30.5 Å². The van der Waals surface area contributed by atoms with E-state index in [2.05, 4.69) is 10.3 Å². The molecule has 2 aromatic heterocycles. The number of aromatic nitrogens is 2. The van der Waals surface area contributed by atoms with E-state index in [0.717, 1.165) is 0 Å². The Balaban J connectivity index is 1.76. The first-order chi connectivity index (χ1) is 16.5. The molecule has 0 spiro atoms. The predicted molar refractivity (Wildman–Crippen MR) is 129 cm³/mol. The maximum atomic E-state index is 13.2. The molecule has 0 aliphatic carbocycles. The largest absolute Gasteiger partial charge is 0.497 e. The van der Waals surface area contributed by atoms with Crippen molar-refractivity contribution in [3.63, 3.8) is 0 Å². The van der Waals surface area contributed by atoms with Gasteiger partial charge in [0.2, 0.25) is 11.3 Å². The number of ether oxygens (including phenoxy) is 2. The molecule has 0 aliphatic rings. The minimum atomic E-state index is -0.444. The highest BCUT2D eigenvalue weighted by atomic mass is 16.5. The molecule has 4 aromatic rings. The van der Waals surface area contributed by atoms with E-state index >= 15 is 0 Å². The van der Waals surface area contributed by atoms with Gasteiger partial charge in [-0.3, -0.25) is 19.4 Å². The van der Waals surface area contributed by atoms with Gasteiger partial charge in [-0.2, -0.15) is 0 Å². The summed E-state index contributed by atoms with van der Waals surface area (Å²) < 4.78 is 12.5. The van der Waals surface area contributed by atoms with Gasteiger partial charge in [0.15, 0.2) is 5.78 Å². The summed E-state index contributed by atoms with van der Waals surface area (Å²) >= 11 is 0. The van der Waals surface area contributed by atoms with E-state index in [9.17, 15) is 14.4 Å². The molecule has 0 saturated carbocycles. The molecule has 0 aliphatic heterocycles. The molecule has 2 aromatic carbocycles. The Morgan fingerprint density at radius 3 is 2.56 bits per heavy atom. The summed E-state index contributed by atoms with van der Waals surface area (Å²) in [7, 11) is 1.52. The first kappa shape index (κ1) is 22.7. The molecule has 172 valence electrons. The zero-order valence-corrected chi connectivity index (χ0v) is 18.8. The topological polar surface area (TPSA) is 99.5 Å². The number of amides is 1. The van der Waals surface area contributed by atoms with Crippen molar-refractivity contribution >= 4 is 28.3 Å². The summed E-state index contributed by atoms with van der Waals surface area (Å²) in [5.41, 5.74) is 0.889. The zero-order valence-electron chi connectivity index (χ0n) is 18.8. The maximum Gasteiger partial charge on any atom is 0.244 e. The Labute approximate surface area is 195 Å². The van der Waals surface area contributed by atoms with Crippen molar-refractivity contribution in [2.75, 3.05) is 19.0 Å². The number of anilines is 1. The monoisotopic (exact) mass is 457 g/mol. The highest BCUT2D eigenvalue weighted by Crippen LogP contribution is 2.24. The van der Waals surface area contributed by atoms with Crippen LogP contribution in [0.3, 0.4) is 0 Å². The van der Waals surface area contributed by atoms with Gasteiger partial charge in [-0.1, -0.05) is 12.1 Å². The number of nitrogens with one attached hydrogen (secondary N) is 1. The molecular formula is C26H23N3O5. The summed E-state index contributed by atoms with van der Waals surface area (Å²) in [6, 6.07) is 15.1. The van der Waals surface area contributed by atoms with Crippen LogP contribution in [0.1, 0.15) is 22.8 Å². The number of rotatable bonds is 8. The number of nitrogens with zero attached hydrogens (tertiary/aromatic N) is 2. The fourth-order valence-electron chi connectivity index (χ4n) is 3.64. The number of carbonyl (C=O) groups is 2. The molecule has 0 fully saturated rings. The predicted octanol–water partition coefficient (Wildman–Crippen LogP) is 3.67. The van der Waals surface area contributed by atoms with Crippen LogP contribution in [0, 0.1) is 0 Å². The number of para-hydroxylation sites is 2. The van der Waals surface area contributed by atoms with Crippen LogP contribution in [0.2, 0.25) is 0 Å². The smallest absolute Gasteiger partial charge is 0.244 e. The van der Waals surface area contributed by atoms with E-state index in [-0.39, 0.29) is 18.0 Å². The molecule has 0 saturated heterocycles. The van der Waals surface area contributed by atoms with Crippen LogP contribution in [0.5, 0.6) is 11.5 Å². The first-order valence-electron chi connectivity index (χ1n) is 10.7. The molecule has 8 heteroatoms. The average molecular weight is 457 g/mol. The fourth-order valence-corrected chi connectivity index (χ4v) is 3.64. The molecule has 0 atom stereocenters. The van der Waals surface area contributed by atoms with Gasteiger partial charge in [0.25, 0.3) is 0 Å². The minimum Gasteiger partial charge on any atom is -0.497 e. The number of carbonyl (C=O) groups excluding carboxylic acids is 2. The minimum absolute atomic E-state index is 0.0358. The number of fused-ring (bicyclic) bond motifs is 1. The third kappa shape index (κ3) is 4.66. The molecule has 8 nitrogen and oxygen atoms in total. The fraction of sp³-hybridized carbons (Fsp3) is 0.154. The lowest BCUT2D eigenvalue weighted by Gasteiger charge is -2.15. The van der Waals surface area contributed by atoms with Crippen LogP contribution in [0.4, 0.5) is 5.69 Å². The van der Waals surface area contributed by atoms with Crippen molar-refractivity contribution in [3.05, 3.63) is 94.5 Å². The zero-order chi connectivity index (χ0) is 24.1. The van der Waals surface area contributed by atoms with Crippen LogP contribution in [0.25, 0.3) is 10.9 Å². The number of hydrogen-bond donors (Lipinski definition) is 1. The number of hydrogen-bond acceptors (Lipinski definition) is 6. The Bertz CT molecular complexity index is 1410. The van der Waals surface area contributed by atoms with Crippen molar-refractivity contribution in [1.29, 1.82) is 0 Å². The third-order valence-electron chi connectivity index (χ3n) is 5.25. The number of pyridine rings is 2. The van der Waals surface area contributed by atoms with Crippen molar-refractivity contribution in [2.45, 2.75) is 13.5 Å². The van der Waals surface area contributed by atoms with Crippen LogP contribution in [0.15, 0.2) is 78.0 Å². The van der Waals surface area contributed by atoms with Crippen molar-refractivity contribution in [1.82, 2.24) is 9.55 Å². The summed E-state index contributed by atoms with van der Waals surface area (Å²) in [6.07, 6.45) is 4.39. The quantitative estimate of drug-likeness (QED) is 0.405. The molecule has 1 amide bonds. The van der Waals surface area contributed by atoms with Gasteiger partial charge in [0.1, 0.15) is 18.0 Å². The lowest BCUT2D eigenvalue weighted by atomic mass is 10.0. The Morgan fingerprint density at radius 2 is 1.82 bits per heavy atom. The normalized spacial score (nSPS) is 10.6. The van der Waals surface area contributed by atoms with Crippen LogP contribution < -0.4 is 20.2 Å². The standard InChI is InChI=1S/C26H23N3O5/c1-3-34-23-7-5-4-6-21(23)28-24(30)16-29-15-20(25(31)17-10-12-27-13-11-17)26(32)19-9-8-18(33-2)14-22(19)29/h4-15H,3,16H2,1-2H3,(H,28,30). The second-order valence-corrected chi connectivity index (χ2v) is 7.43. The third-order valence-corrected chi connectivity index (χ3v) is 5.25. The van der Waals surface area contributed by atoms with Gasteiger partial charge >= 0.3 is 0 Å². The SMILES string of the molecule is CCOc1ccccc1NC(=O)Cn1cc(C(=O)c2ccncc2)c(=O)c2ccc(OC)cc21. The number of benzene rings is 2. The highest BCUT2D eigenvalue weighted by Gasteiger charge is 2.19. The van der Waals surface area contributed by atoms with E-state index < -0.39 is 11.2 Å². The Hall–Kier alpha value is -4.46. The van der Waals surface area contributed by atoms with Gasteiger partial charge in [0, 0.05) is 35.6 Å². The second-order valence-electron chi connectivity index (χ2n) is 7.43. The summed E-state index contributed by atoms with van der Waals surface area (Å²) in [5, 5.41) is 3.15. The summed E-state index contributed by atoms with van der Waals surface area (Å²) in [6.45, 7) is 2.18. The van der Waals surface area contributed by atoms with E-state index in [1.165, 1.54) is 25.7 Å². The summed E-state index contributed by atoms with van der Waals surface area (Å²) in [4.78, 5) is 43.2. The summed E-state index contributed by atoms with van der Waals surface area (Å²) in [5.74, 6) is 0.289. The molecule has 0 bridgehead atoms. The van der Waals surface area contributed by atoms with Crippen LogP contribution in [-0.4, -0.2) is 35.0 Å². The average Bonchev–Trinajstić information content (AvgIpc) is 2.87. The van der Waals surface area contributed by atoms with Crippen molar-refractivity contribution < 1.29 is 19.1 Å². The number of methoxy groups -OCH3 is 1. The molecule has 0 radical (unpaired) electrons. The van der Waals surface area contributed by atoms with E-state index in [1.54, 1.807) is 53.1 Å². The van der Waals surface area contributed by atoms with E-state index in [4.69, 9.17) is 9.47 Å². The van der Waals surface area contributed by atoms with Crippen LogP contribution in [-0.2, 0) is 11.3 Å². The van der Waals surface area contributed by atoms with Crippen molar-refractivity contribution in [3.8, 4) is 11.5 Å². The number of ketones is 1. The lowest BCUT2D eigenvalue weighted by Crippen LogP contribution is -2.24. The van der Waals surface area contributed by atoms with E-state index in [1.807, 2.05) is 13.0 Å². The van der Waals surface area contributed by atoms with Gasteiger partial charge in [-0.05, 0) is 43.3 Å². The molecule has 1 N–H and O–H groups in total. The molecule has 4 rings (SSSR count).